The fourth-order valence-corrected chi connectivity index (χ4v) is 3.04. The van der Waals surface area contributed by atoms with Crippen LogP contribution in [0.5, 0.6) is 5.75 Å². The summed E-state index contributed by atoms with van der Waals surface area (Å²) in [5.41, 5.74) is 9.07. The molecule has 0 radical (unpaired) electrons. The van der Waals surface area contributed by atoms with E-state index in [9.17, 15) is 8.78 Å². The van der Waals surface area contributed by atoms with E-state index in [2.05, 4.69) is 30.1 Å². The number of nitrogens with zero attached hydrogens (tertiary/aromatic N) is 2. The van der Waals surface area contributed by atoms with E-state index in [-0.39, 0.29) is 11.3 Å². The van der Waals surface area contributed by atoms with Gasteiger partial charge >= 0.3 is 0 Å². The van der Waals surface area contributed by atoms with E-state index in [0.29, 0.717) is 18.9 Å². The molecule has 2 aromatic rings. The molecule has 0 aromatic heterocycles. The predicted octanol–water partition coefficient (Wildman–Crippen LogP) is 7.41. The molecule has 0 aliphatic rings. The van der Waals surface area contributed by atoms with Gasteiger partial charge in [0.05, 0.1) is 30.9 Å². The van der Waals surface area contributed by atoms with Crippen LogP contribution in [0.15, 0.2) is 89.1 Å². The van der Waals surface area contributed by atoms with Gasteiger partial charge in [-0.05, 0) is 73.9 Å². The largest absolute Gasteiger partial charge is 0.501 e. The van der Waals surface area contributed by atoms with Crippen molar-refractivity contribution in [2.45, 2.75) is 33.6 Å². The number of aliphatic imine (C=N–C) groups is 2. The number of nitrogens with two attached hydrogens (primary N) is 1. The van der Waals surface area contributed by atoms with Gasteiger partial charge in [0.2, 0.25) is 0 Å². The van der Waals surface area contributed by atoms with Crippen LogP contribution in [-0.4, -0.2) is 39.2 Å². The molecule has 0 fully saturated rings. The Labute approximate surface area is 225 Å². The molecule has 2 N–H and O–H groups in total. The topological polar surface area (TPSA) is 69.2 Å². The van der Waals surface area contributed by atoms with E-state index in [4.69, 9.17) is 15.2 Å². The molecule has 0 aliphatic carbocycles. The second kappa shape index (κ2) is 17.6. The Kier molecular flexibility index (Phi) is 14.9. The van der Waals surface area contributed by atoms with Crippen LogP contribution in [-0.2, 0) is 4.74 Å². The highest BCUT2D eigenvalue weighted by atomic mass is 19.2. The number of hydrogen-bond acceptors (Lipinski definition) is 5. The molecule has 0 spiro atoms. The summed E-state index contributed by atoms with van der Waals surface area (Å²) in [7, 11) is 3.29. The van der Waals surface area contributed by atoms with Crippen LogP contribution in [0.1, 0.15) is 44.7 Å². The molecule has 38 heavy (non-hydrogen) atoms. The molecular formula is C31H39F2N3O2. The van der Waals surface area contributed by atoms with Crippen molar-refractivity contribution >= 4 is 23.2 Å². The average Bonchev–Trinajstić information content (AvgIpc) is 2.93. The second-order valence-corrected chi connectivity index (χ2v) is 8.11. The highest BCUT2D eigenvalue weighted by Gasteiger charge is 2.11. The van der Waals surface area contributed by atoms with Gasteiger partial charge in [0.25, 0.3) is 0 Å². The normalized spacial score (nSPS) is 12.2. The standard InChI is InChI=1S/C16H23NO2.C15H16F2N2/c1-4-15(18-3)12-13(2)14-6-8-16(9-7-14)19-11-5-10-17;1-5-10(2)14(9-18-4)19-11(3)12-7-6-8-13(16)15(12)17/h6-9,12H,2,4-5,10-11,17H2,1,3H3;5-9H,3H2,1-2,4H3/b15-12-;10-5-,18-9?,19-14?. The molecule has 204 valence electrons. The SMILES string of the molecule is C=C(/C=C(/CC)OC)c1ccc(OCCCN)cc1.C=C(N=C(C=NC)/C(C)=C\C)c1cccc(F)c1F. The number of ether oxygens (including phenoxy) is 2. The first-order chi connectivity index (χ1) is 18.2. The first-order valence-corrected chi connectivity index (χ1v) is 12.4. The molecule has 0 bridgehead atoms. The molecular weight excluding hydrogens is 484 g/mol. The number of rotatable bonds is 12. The molecule has 0 atom stereocenters. The van der Waals surface area contributed by atoms with Crippen molar-refractivity contribution in [3.63, 3.8) is 0 Å². The van der Waals surface area contributed by atoms with Gasteiger partial charge in [-0.1, -0.05) is 44.4 Å². The van der Waals surface area contributed by atoms with Gasteiger partial charge in [-0.2, -0.15) is 0 Å². The zero-order chi connectivity index (χ0) is 28.5. The van der Waals surface area contributed by atoms with Gasteiger partial charge in [0, 0.05) is 25.2 Å². The third kappa shape index (κ3) is 10.6. The smallest absolute Gasteiger partial charge is 0.168 e. The molecule has 0 saturated carbocycles. The molecule has 0 unspecified atom stereocenters. The number of hydrogen-bond donors (Lipinski definition) is 1. The highest BCUT2D eigenvalue weighted by molar-refractivity contribution is 6.38. The summed E-state index contributed by atoms with van der Waals surface area (Å²) in [6.07, 6.45) is 7.10. The molecule has 0 saturated heterocycles. The van der Waals surface area contributed by atoms with Gasteiger partial charge in [0.15, 0.2) is 11.6 Å². The summed E-state index contributed by atoms with van der Waals surface area (Å²) in [4.78, 5) is 8.09. The minimum atomic E-state index is -0.942. The van der Waals surface area contributed by atoms with E-state index < -0.39 is 11.6 Å². The maximum absolute atomic E-state index is 13.6. The summed E-state index contributed by atoms with van der Waals surface area (Å²) in [6.45, 7) is 14.8. The van der Waals surface area contributed by atoms with E-state index in [1.165, 1.54) is 12.1 Å². The van der Waals surface area contributed by atoms with Crippen LogP contribution < -0.4 is 10.5 Å². The van der Waals surface area contributed by atoms with Gasteiger partial charge in [0.1, 0.15) is 5.75 Å². The Morgan fingerprint density at radius 3 is 2.34 bits per heavy atom. The quantitative estimate of drug-likeness (QED) is 0.136. The number of allylic oxidation sites excluding steroid dienone is 5. The monoisotopic (exact) mass is 523 g/mol. The Hall–Kier alpha value is -3.84. The third-order valence-electron chi connectivity index (χ3n) is 5.39. The van der Waals surface area contributed by atoms with Gasteiger partial charge in [-0.25, -0.2) is 13.8 Å². The summed E-state index contributed by atoms with van der Waals surface area (Å²) >= 11 is 0. The van der Waals surface area contributed by atoms with Crippen LogP contribution in [0.4, 0.5) is 8.78 Å². The Bertz CT molecular complexity index is 1170. The zero-order valence-corrected chi connectivity index (χ0v) is 23.1. The number of methoxy groups -OCH3 is 1. The minimum Gasteiger partial charge on any atom is -0.501 e. The lowest BCUT2D eigenvalue weighted by molar-refractivity contribution is 0.281. The Morgan fingerprint density at radius 2 is 1.79 bits per heavy atom. The van der Waals surface area contributed by atoms with Crippen LogP contribution in [0, 0.1) is 11.6 Å². The average molecular weight is 524 g/mol. The highest BCUT2D eigenvalue weighted by Crippen LogP contribution is 2.22. The number of benzene rings is 2. The van der Waals surface area contributed by atoms with Crippen molar-refractivity contribution in [1.29, 1.82) is 0 Å². The van der Waals surface area contributed by atoms with Crippen LogP contribution in [0.25, 0.3) is 11.3 Å². The maximum Gasteiger partial charge on any atom is 0.168 e. The molecule has 0 amide bonds. The zero-order valence-electron chi connectivity index (χ0n) is 23.1. The second-order valence-electron chi connectivity index (χ2n) is 8.11. The lowest BCUT2D eigenvalue weighted by atomic mass is 10.1. The Balaban J connectivity index is 0.000000380. The molecule has 0 aliphatic heterocycles. The lowest BCUT2D eigenvalue weighted by Crippen LogP contribution is -2.05. The van der Waals surface area contributed by atoms with E-state index in [1.54, 1.807) is 20.4 Å². The van der Waals surface area contributed by atoms with E-state index in [1.807, 2.05) is 50.3 Å². The van der Waals surface area contributed by atoms with Crippen LogP contribution in [0.3, 0.4) is 0 Å². The first-order valence-electron chi connectivity index (χ1n) is 12.4. The molecule has 7 heteroatoms. The molecule has 2 aromatic carbocycles. The molecule has 0 heterocycles. The van der Waals surface area contributed by atoms with E-state index >= 15 is 0 Å². The predicted molar refractivity (Wildman–Crippen MR) is 157 cm³/mol. The summed E-state index contributed by atoms with van der Waals surface area (Å²) in [6, 6.07) is 11.8. The van der Waals surface area contributed by atoms with Crippen molar-refractivity contribution < 1.29 is 18.3 Å². The molecule has 2 rings (SSSR count). The third-order valence-corrected chi connectivity index (χ3v) is 5.39. The van der Waals surface area contributed by atoms with Crippen molar-refractivity contribution in [2.75, 3.05) is 27.3 Å². The lowest BCUT2D eigenvalue weighted by Gasteiger charge is -2.08. The first kappa shape index (κ1) is 32.2. The van der Waals surface area contributed by atoms with E-state index in [0.717, 1.165) is 47.1 Å². The fourth-order valence-electron chi connectivity index (χ4n) is 3.04. The van der Waals surface area contributed by atoms with Crippen molar-refractivity contribution in [3.05, 3.63) is 102 Å². The van der Waals surface area contributed by atoms with Crippen molar-refractivity contribution in [1.82, 2.24) is 0 Å². The summed E-state index contributed by atoms with van der Waals surface area (Å²) in [5, 5.41) is 0. The minimum absolute atomic E-state index is 0.0471. The maximum atomic E-state index is 13.6. The van der Waals surface area contributed by atoms with Gasteiger partial charge in [-0.3, -0.25) is 4.99 Å². The van der Waals surface area contributed by atoms with Crippen LogP contribution in [0.2, 0.25) is 0 Å². The summed E-state index contributed by atoms with van der Waals surface area (Å²) < 4.78 is 37.6. The van der Waals surface area contributed by atoms with Crippen LogP contribution >= 0.6 is 0 Å². The fraction of sp³-hybridized carbons (Fsp3) is 0.290. The summed E-state index contributed by atoms with van der Waals surface area (Å²) in [5.74, 6) is -0.0748. The van der Waals surface area contributed by atoms with Crippen molar-refractivity contribution in [2.24, 2.45) is 15.7 Å². The Morgan fingerprint density at radius 1 is 1.11 bits per heavy atom. The number of halogens is 2. The van der Waals surface area contributed by atoms with Crippen molar-refractivity contribution in [3.8, 4) is 5.75 Å². The van der Waals surface area contributed by atoms with Gasteiger partial charge in [-0.15, -0.1) is 0 Å². The molecule has 5 nitrogen and oxygen atoms in total. The van der Waals surface area contributed by atoms with Gasteiger partial charge < -0.3 is 15.2 Å².